The molecule has 2 rings (SSSR count). The average molecular weight is 265 g/mol. The van der Waals surface area contributed by atoms with E-state index in [1.165, 1.54) is 25.3 Å². The number of benzene rings is 1. The number of aromatic nitrogens is 2. The molecule has 0 spiro atoms. The first-order valence-electron chi connectivity index (χ1n) is 5.60. The second kappa shape index (κ2) is 5.27. The summed E-state index contributed by atoms with van der Waals surface area (Å²) < 4.78 is 32.7. The molecule has 1 heterocycles. The van der Waals surface area contributed by atoms with Crippen molar-refractivity contribution in [1.29, 1.82) is 0 Å². The van der Waals surface area contributed by atoms with E-state index in [0.29, 0.717) is 5.56 Å². The molecule has 0 atom stereocenters. The highest BCUT2D eigenvalue weighted by molar-refractivity contribution is 5.64. The van der Waals surface area contributed by atoms with E-state index < -0.39 is 11.6 Å². The van der Waals surface area contributed by atoms with Crippen LogP contribution in [0.25, 0.3) is 11.3 Å². The Hall–Kier alpha value is -2.08. The first-order chi connectivity index (χ1) is 9.02. The number of ether oxygens (including phenoxy) is 1. The van der Waals surface area contributed by atoms with Gasteiger partial charge in [0.2, 0.25) is 0 Å². The van der Waals surface area contributed by atoms with Crippen molar-refractivity contribution in [2.75, 3.05) is 12.8 Å². The summed E-state index contributed by atoms with van der Waals surface area (Å²) in [6, 6.07) is 3.90. The fourth-order valence-corrected chi connectivity index (χ4v) is 1.73. The van der Waals surface area contributed by atoms with Crippen LogP contribution in [-0.2, 0) is 11.3 Å². The van der Waals surface area contributed by atoms with E-state index in [0.717, 1.165) is 0 Å². The molecular weight excluding hydrogens is 252 g/mol. The average Bonchev–Trinajstić information content (AvgIpc) is 2.34. The zero-order chi connectivity index (χ0) is 14.0. The Bertz CT molecular complexity index is 617. The Labute approximate surface area is 109 Å². The van der Waals surface area contributed by atoms with Gasteiger partial charge in [-0.05, 0) is 18.6 Å². The lowest BCUT2D eigenvalue weighted by atomic mass is 10.1. The van der Waals surface area contributed by atoms with Crippen LogP contribution in [0.5, 0.6) is 0 Å². The normalized spacial score (nSPS) is 10.7. The number of aryl methyl sites for hydroxylation is 1. The molecular formula is C13H13F2N3O. The molecule has 1 aromatic carbocycles. The molecule has 6 heteroatoms. The quantitative estimate of drug-likeness (QED) is 0.926. The Morgan fingerprint density at radius 3 is 2.68 bits per heavy atom. The molecule has 1 aromatic heterocycles. The number of nitrogens with zero attached hydrogens (tertiary/aromatic N) is 2. The number of hydrogen-bond donors (Lipinski definition) is 1. The summed E-state index contributed by atoms with van der Waals surface area (Å²) in [5, 5.41) is 0. The second-order valence-corrected chi connectivity index (χ2v) is 4.08. The molecule has 0 saturated heterocycles. The van der Waals surface area contributed by atoms with Gasteiger partial charge in [-0.1, -0.05) is 6.07 Å². The van der Waals surface area contributed by atoms with Gasteiger partial charge in [0, 0.05) is 13.2 Å². The molecule has 0 aliphatic carbocycles. The number of anilines is 1. The molecule has 0 unspecified atom stereocenters. The van der Waals surface area contributed by atoms with Gasteiger partial charge in [0.15, 0.2) is 5.82 Å². The van der Waals surface area contributed by atoms with Crippen molar-refractivity contribution in [2.24, 2.45) is 0 Å². The fraction of sp³-hybridized carbons (Fsp3) is 0.231. The van der Waals surface area contributed by atoms with E-state index in [1.807, 2.05) is 0 Å². The number of hydrogen-bond acceptors (Lipinski definition) is 4. The summed E-state index contributed by atoms with van der Waals surface area (Å²) in [5.41, 5.74) is 5.86. The van der Waals surface area contributed by atoms with Crippen molar-refractivity contribution in [3.05, 3.63) is 41.2 Å². The van der Waals surface area contributed by atoms with Crippen LogP contribution in [0.3, 0.4) is 0 Å². The molecule has 0 aliphatic heterocycles. The standard InChI is InChI=1S/C13H13F2N3O/c1-7-3-4-8(14)12(13(7)15)9-5-10(16)18-11(17-9)6-19-2/h3-5H,6H2,1-2H3,(H2,16,17,18). The predicted octanol–water partition coefficient (Wildman–Crippen LogP) is 2.46. The molecule has 0 saturated carbocycles. The smallest absolute Gasteiger partial charge is 0.157 e. The molecule has 0 aliphatic rings. The van der Waals surface area contributed by atoms with Crippen LogP contribution in [0, 0.1) is 18.6 Å². The van der Waals surface area contributed by atoms with E-state index in [9.17, 15) is 8.78 Å². The third-order valence-electron chi connectivity index (χ3n) is 2.61. The maximum absolute atomic E-state index is 14.0. The molecule has 2 aromatic rings. The van der Waals surface area contributed by atoms with Crippen LogP contribution in [0.4, 0.5) is 14.6 Å². The molecule has 100 valence electrons. The minimum absolute atomic E-state index is 0.109. The Morgan fingerprint density at radius 2 is 2.00 bits per heavy atom. The van der Waals surface area contributed by atoms with Gasteiger partial charge in [0.25, 0.3) is 0 Å². The van der Waals surface area contributed by atoms with Crippen LogP contribution < -0.4 is 5.73 Å². The summed E-state index contributed by atoms with van der Waals surface area (Å²) in [5.74, 6) is -0.929. The number of methoxy groups -OCH3 is 1. The van der Waals surface area contributed by atoms with Crippen LogP contribution in [-0.4, -0.2) is 17.1 Å². The monoisotopic (exact) mass is 265 g/mol. The van der Waals surface area contributed by atoms with Crippen molar-refractivity contribution in [2.45, 2.75) is 13.5 Å². The number of rotatable bonds is 3. The number of nitrogen functional groups attached to an aromatic ring is 1. The summed E-state index contributed by atoms with van der Waals surface area (Å²) in [4.78, 5) is 7.99. The van der Waals surface area contributed by atoms with Gasteiger partial charge in [-0.15, -0.1) is 0 Å². The van der Waals surface area contributed by atoms with Crippen molar-refractivity contribution in [1.82, 2.24) is 9.97 Å². The van der Waals surface area contributed by atoms with E-state index in [4.69, 9.17) is 10.5 Å². The molecule has 0 bridgehead atoms. The lowest BCUT2D eigenvalue weighted by Crippen LogP contribution is -2.04. The van der Waals surface area contributed by atoms with Gasteiger partial charge in [0.05, 0.1) is 11.3 Å². The van der Waals surface area contributed by atoms with E-state index >= 15 is 0 Å². The van der Waals surface area contributed by atoms with Crippen molar-refractivity contribution in [3.63, 3.8) is 0 Å². The van der Waals surface area contributed by atoms with Gasteiger partial charge in [-0.2, -0.15) is 0 Å². The molecule has 2 N–H and O–H groups in total. The molecule has 19 heavy (non-hydrogen) atoms. The number of halogens is 2. The zero-order valence-electron chi connectivity index (χ0n) is 10.6. The molecule has 0 radical (unpaired) electrons. The van der Waals surface area contributed by atoms with Crippen molar-refractivity contribution in [3.8, 4) is 11.3 Å². The van der Waals surface area contributed by atoms with Crippen molar-refractivity contribution < 1.29 is 13.5 Å². The summed E-state index contributed by atoms with van der Waals surface area (Å²) in [7, 11) is 1.47. The van der Waals surface area contributed by atoms with Crippen molar-refractivity contribution >= 4 is 5.82 Å². The highest BCUT2D eigenvalue weighted by atomic mass is 19.1. The maximum Gasteiger partial charge on any atom is 0.157 e. The Morgan fingerprint density at radius 1 is 1.26 bits per heavy atom. The van der Waals surface area contributed by atoms with Gasteiger partial charge in [0.1, 0.15) is 24.1 Å². The summed E-state index contributed by atoms with van der Waals surface area (Å²) in [6.07, 6.45) is 0. The summed E-state index contributed by atoms with van der Waals surface area (Å²) >= 11 is 0. The molecule has 4 nitrogen and oxygen atoms in total. The molecule has 0 amide bonds. The third kappa shape index (κ3) is 2.68. The van der Waals surface area contributed by atoms with Crippen LogP contribution in [0.1, 0.15) is 11.4 Å². The van der Waals surface area contributed by atoms with Gasteiger partial charge >= 0.3 is 0 Å². The highest BCUT2D eigenvalue weighted by Crippen LogP contribution is 2.27. The second-order valence-electron chi connectivity index (χ2n) is 4.08. The lowest BCUT2D eigenvalue weighted by molar-refractivity contribution is 0.178. The molecule has 0 fully saturated rings. The van der Waals surface area contributed by atoms with Gasteiger partial charge in [-0.25, -0.2) is 18.7 Å². The lowest BCUT2D eigenvalue weighted by Gasteiger charge is -2.09. The van der Waals surface area contributed by atoms with Crippen LogP contribution >= 0.6 is 0 Å². The Balaban J connectivity index is 2.62. The topological polar surface area (TPSA) is 61.0 Å². The maximum atomic E-state index is 14.0. The predicted molar refractivity (Wildman–Crippen MR) is 67.2 cm³/mol. The van der Waals surface area contributed by atoms with Gasteiger partial charge < -0.3 is 10.5 Å². The zero-order valence-corrected chi connectivity index (χ0v) is 10.6. The fourth-order valence-electron chi connectivity index (χ4n) is 1.73. The highest BCUT2D eigenvalue weighted by Gasteiger charge is 2.16. The Kier molecular flexibility index (Phi) is 3.71. The SMILES string of the molecule is COCc1nc(N)cc(-c2c(F)ccc(C)c2F)n1. The largest absolute Gasteiger partial charge is 0.384 e. The summed E-state index contributed by atoms with van der Waals surface area (Å²) in [6.45, 7) is 1.67. The van der Waals surface area contributed by atoms with Gasteiger partial charge in [-0.3, -0.25) is 0 Å². The van der Waals surface area contributed by atoms with E-state index in [-0.39, 0.29) is 29.5 Å². The number of nitrogens with two attached hydrogens (primary N) is 1. The first kappa shape index (κ1) is 13.4. The van der Waals surface area contributed by atoms with E-state index in [1.54, 1.807) is 6.92 Å². The van der Waals surface area contributed by atoms with Crippen LogP contribution in [0.15, 0.2) is 18.2 Å². The first-order valence-corrected chi connectivity index (χ1v) is 5.60. The third-order valence-corrected chi connectivity index (χ3v) is 2.61. The van der Waals surface area contributed by atoms with Crippen LogP contribution in [0.2, 0.25) is 0 Å². The van der Waals surface area contributed by atoms with E-state index in [2.05, 4.69) is 9.97 Å². The minimum atomic E-state index is -0.690. The minimum Gasteiger partial charge on any atom is -0.384 e.